The van der Waals surface area contributed by atoms with Crippen molar-refractivity contribution in [2.24, 2.45) is 0 Å². The molecule has 33 heavy (non-hydrogen) atoms. The molecule has 0 unspecified atom stereocenters. The summed E-state index contributed by atoms with van der Waals surface area (Å²) in [5.41, 5.74) is 6.46. The molecule has 0 aliphatic carbocycles. The molecule has 1 aliphatic rings. The minimum atomic E-state index is -0.190. The number of fused-ring (bicyclic) bond motifs is 2. The summed E-state index contributed by atoms with van der Waals surface area (Å²) >= 11 is 0. The molecular weight excluding hydrogens is 410 g/mol. The Morgan fingerprint density at radius 2 is 1.85 bits per heavy atom. The highest BCUT2D eigenvalue weighted by molar-refractivity contribution is 5.93. The highest BCUT2D eigenvalue weighted by Gasteiger charge is 2.18. The van der Waals surface area contributed by atoms with Crippen LogP contribution in [0.5, 0.6) is 5.75 Å². The summed E-state index contributed by atoms with van der Waals surface area (Å²) in [5, 5.41) is 3.94. The maximum atomic E-state index is 12.6. The van der Waals surface area contributed by atoms with E-state index in [0.29, 0.717) is 5.75 Å². The van der Waals surface area contributed by atoms with Crippen LogP contribution in [0, 0.1) is 13.8 Å². The van der Waals surface area contributed by atoms with E-state index in [-0.39, 0.29) is 12.5 Å². The number of amides is 1. The molecule has 0 fully saturated rings. The standard InChI is InChI=1S/C28H27N3O2/c1-19-10-11-20(2)24(16-19)29-27(32)18-33-25-9-5-8-22-12-13-26(30-28(22)25)31-15-14-21-6-3-4-7-23(21)17-31/h3-13,16H,14-15,17-18H2,1-2H3,(H,29,32). The van der Waals surface area contributed by atoms with Crippen LogP contribution in [-0.4, -0.2) is 24.0 Å². The number of aryl methyl sites for hydroxylation is 2. The third-order valence-corrected chi connectivity index (χ3v) is 6.15. The van der Waals surface area contributed by atoms with Gasteiger partial charge >= 0.3 is 0 Å². The molecule has 0 spiro atoms. The number of pyridine rings is 1. The van der Waals surface area contributed by atoms with Crippen molar-refractivity contribution in [1.29, 1.82) is 0 Å². The SMILES string of the molecule is Cc1ccc(C)c(NC(=O)COc2cccc3ccc(N4CCc5ccccc5C4)nc23)c1. The summed E-state index contributed by atoms with van der Waals surface area (Å²) < 4.78 is 5.93. The fourth-order valence-electron chi connectivity index (χ4n) is 4.29. The molecule has 1 N–H and O–H groups in total. The number of anilines is 2. The fourth-order valence-corrected chi connectivity index (χ4v) is 4.29. The Balaban J connectivity index is 1.33. The quantitative estimate of drug-likeness (QED) is 0.452. The lowest BCUT2D eigenvalue weighted by Crippen LogP contribution is -2.30. The van der Waals surface area contributed by atoms with Crippen molar-refractivity contribution in [2.75, 3.05) is 23.4 Å². The van der Waals surface area contributed by atoms with Crippen LogP contribution in [0.4, 0.5) is 11.5 Å². The van der Waals surface area contributed by atoms with Crippen LogP contribution in [0.15, 0.2) is 72.8 Å². The molecule has 166 valence electrons. The lowest BCUT2D eigenvalue weighted by Gasteiger charge is -2.30. The number of benzene rings is 3. The van der Waals surface area contributed by atoms with Gasteiger partial charge in [-0.1, -0.05) is 48.5 Å². The second kappa shape index (κ2) is 8.94. The molecule has 1 aromatic heterocycles. The van der Waals surface area contributed by atoms with E-state index >= 15 is 0 Å². The number of hydrogen-bond acceptors (Lipinski definition) is 4. The van der Waals surface area contributed by atoms with Crippen molar-refractivity contribution in [1.82, 2.24) is 4.98 Å². The zero-order valence-corrected chi connectivity index (χ0v) is 19.0. The van der Waals surface area contributed by atoms with Gasteiger partial charge in [-0.15, -0.1) is 0 Å². The molecule has 2 heterocycles. The summed E-state index contributed by atoms with van der Waals surface area (Å²) in [6.07, 6.45) is 1.01. The highest BCUT2D eigenvalue weighted by Crippen LogP contribution is 2.29. The number of carbonyl (C=O) groups excluding carboxylic acids is 1. The first-order valence-corrected chi connectivity index (χ1v) is 11.3. The zero-order valence-electron chi connectivity index (χ0n) is 19.0. The highest BCUT2D eigenvalue weighted by atomic mass is 16.5. The van der Waals surface area contributed by atoms with Crippen LogP contribution in [0.3, 0.4) is 0 Å². The predicted molar refractivity (Wildman–Crippen MR) is 133 cm³/mol. The lowest BCUT2D eigenvalue weighted by atomic mass is 10.00. The van der Waals surface area contributed by atoms with Gasteiger partial charge in [-0.2, -0.15) is 0 Å². The smallest absolute Gasteiger partial charge is 0.262 e. The normalized spacial score (nSPS) is 13.0. The number of para-hydroxylation sites is 1. The number of hydrogen-bond donors (Lipinski definition) is 1. The molecule has 0 saturated heterocycles. The van der Waals surface area contributed by atoms with Crippen molar-refractivity contribution in [2.45, 2.75) is 26.8 Å². The molecular formula is C28H27N3O2. The molecule has 3 aromatic carbocycles. The van der Waals surface area contributed by atoms with E-state index in [1.54, 1.807) is 0 Å². The van der Waals surface area contributed by atoms with Gasteiger partial charge in [0.25, 0.3) is 5.91 Å². The van der Waals surface area contributed by atoms with Crippen LogP contribution in [0.2, 0.25) is 0 Å². The Hall–Kier alpha value is -3.86. The lowest BCUT2D eigenvalue weighted by molar-refractivity contribution is -0.118. The molecule has 0 atom stereocenters. The second-order valence-electron chi connectivity index (χ2n) is 8.59. The number of nitrogens with one attached hydrogen (secondary N) is 1. The van der Waals surface area contributed by atoms with E-state index in [2.05, 4.69) is 46.6 Å². The van der Waals surface area contributed by atoms with Gasteiger partial charge in [0.15, 0.2) is 6.61 Å². The Morgan fingerprint density at radius 3 is 2.73 bits per heavy atom. The third-order valence-electron chi connectivity index (χ3n) is 6.15. The average molecular weight is 438 g/mol. The number of nitrogens with zero attached hydrogens (tertiary/aromatic N) is 2. The summed E-state index contributed by atoms with van der Waals surface area (Å²) in [6, 6.07) is 24.5. The minimum Gasteiger partial charge on any atom is -0.481 e. The summed E-state index contributed by atoms with van der Waals surface area (Å²) in [4.78, 5) is 19.8. The van der Waals surface area contributed by atoms with Crippen molar-refractivity contribution >= 4 is 28.3 Å². The molecule has 5 heteroatoms. The monoisotopic (exact) mass is 437 g/mol. The number of aromatic nitrogens is 1. The van der Waals surface area contributed by atoms with Gasteiger partial charge in [0.2, 0.25) is 0 Å². The molecule has 5 nitrogen and oxygen atoms in total. The number of rotatable bonds is 5. The molecule has 1 aliphatic heterocycles. The summed E-state index contributed by atoms with van der Waals surface area (Å²) in [5.74, 6) is 1.35. The summed E-state index contributed by atoms with van der Waals surface area (Å²) in [7, 11) is 0. The van der Waals surface area contributed by atoms with Gasteiger partial charge in [-0.25, -0.2) is 4.98 Å². The van der Waals surface area contributed by atoms with Crippen molar-refractivity contribution in [3.63, 3.8) is 0 Å². The van der Waals surface area contributed by atoms with Gasteiger partial charge in [0.1, 0.15) is 17.1 Å². The van der Waals surface area contributed by atoms with Crippen molar-refractivity contribution < 1.29 is 9.53 Å². The van der Waals surface area contributed by atoms with E-state index in [1.807, 2.05) is 50.2 Å². The van der Waals surface area contributed by atoms with E-state index in [4.69, 9.17) is 9.72 Å². The Bertz CT molecular complexity index is 1330. The maximum Gasteiger partial charge on any atom is 0.262 e. The zero-order chi connectivity index (χ0) is 22.8. The Morgan fingerprint density at radius 1 is 1.00 bits per heavy atom. The molecule has 0 radical (unpaired) electrons. The topological polar surface area (TPSA) is 54.5 Å². The largest absolute Gasteiger partial charge is 0.481 e. The summed E-state index contributed by atoms with van der Waals surface area (Å²) in [6.45, 7) is 5.68. The first-order chi connectivity index (χ1) is 16.1. The van der Waals surface area contributed by atoms with E-state index in [0.717, 1.165) is 53.0 Å². The van der Waals surface area contributed by atoms with E-state index in [9.17, 15) is 4.79 Å². The first-order valence-electron chi connectivity index (χ1n) is 11.3. The van der Waals surface area contributed by atoms with Crippen molar-refractivity contribution in [3.8, 4) is 5.75 Å². The number of carbonyl (C=O) groups is 1. The van der Waals surface area contributed by atoms with Crippen LogP contribution in [-0.2, 0) is 17.8 Å². The predicted octanol–water partition coefficient (Wildman–Crippen LogP) is 5.43. The van der Waals surface area contributed by atoms with Gasteiger partial charge in [-0.3, -0.25) is 4.79 Å². The van der Waals surface area contributed by atoms with Crippen LogP contribution < -0.4 is 15.0 Å². The molecule has 1 amide bonds. The van der Waals surface area contributed by atoms with Crippen LogP contribution in [0.25, 0.3) is 10.9 Å². The van der Waals surface area contributed by atoms with Gasteiger partial charge in [-0.05, 0) is 66.8 Å². The average Bonchev–Trinajstić information content (AvgIpc) is 2.84. The Kier molecular flexibility index (Phi) is 5.69. The fraction of sp³-hybridized carbons (Fsp3) is 0.214. The van der Waals surface area contributed by atoms with Crippen molar-refractivity contribution in [3.05, 3.63) is 95.1 Å². The second-order valence-corrected chi connectivity index (χ2v) is 8.59. The van der Waals surface area contributed by atoms with Gasteiger partial charge in [0.05, 0.1) is 0 Å². The molecule has 0 saturated carbocycles. The minimum absolute atomic E-state index is 0.0739. The van der Waals surface area contributed by atoms with E-state index < -0.39 is 0 Å². The van der Waals surface area contributed by atoms with E-state index in [1.165, 1.54) is 11.1 Å². The van der Waals surface area contributed by atoms with Gasteiger partial charge < -0.3 is 15.0 Å². The number of ether oxygens (including phenoxy) is 1. The molecule has 0 bridgehead atoms. The van der Waals surface area contributed by atoms with Gasteiger partial charge in [0, 0.05) is 24.2 Å². The third kappa shape index (κ3) is 4.53. The Labute approximate surface area is 194 Å². The van der Waals surface area contributed by atoms with Crippen LogP contribution in [0.1, 0.15) is 22.3 Å². The maximum absolute atomic E-state index is 12.6. The molecule has 4 aromatic rings. The first kappa shape index (κ1) is 21.0. The molecule has 5 rings (SSSR count). The van der Waals surface area contributed by atoms with Crippen LogP contribution >= 0.6 is 0 Å².